The van der Waals surface area contributed by atoms with Crippen molar-refractivity contribution in [3.8, 4) is 44.5 Å². The van der Waals surface area contributed by atoms with Crippen LogP contribution in [0.5, 0.6) is 0 Å². The van der Waals surface area contributed by atoms with E-state index in [0.717, 1.165) is 0 Å². The maximum Gasteiger partial charge on any atom is 0.0159 e. The average Bonchev–Trinajstić information content (AvgIpc) is 3.28. The molecule has 0 unspecified atom stereocenters. The summed E-state index contributed by atoms with van der Waals surface area (Å²) in [5.41, 5.74) is 17.7. The van der Waals surface area contributed by atoms with E-state index in [1.54, 1.807) is 0 Å². The third-order valence-electron chi connectivity index (χ3n) is 8.91. The van der Waals surface area contributed by atoms with E-state index in [2.05, 4.69) is 138 Å². The second kappa shape index (κ2) is 7.56. The first kappa shape index (κ1) is 22.3. The SMILES string of the molecule is Cc1cc(-c2ccc3c(c2)C(C)(C)c2ccccc2-3)cc(-c2ccc3c(c2)C(C)(C)c2ccccc2-3)c1. The predicted octanol–water partition coefficient (Wildman–Crippen LogP) is 9.94. The molecule has 5 aromatic carbocycles. The monoisotopic (exact) mass is 476 g/mol. The molecule has 37 heavy (non-hydrogen) atoms. The van der Waals surface area contributed by atoms with Crippen molar-refractivity contribution in [2.45, 2.75) is 45.4 Å². The molecule has 0 N–H and O–H groups in total. The maximum absolute atomic E-state index is 2.43. The van der Waals surface area contributed by atoms with Crippen LogP contribution in [-0.2, 0) is 10.8 Å². The van der Waals surface area contributed by atoms with Crippen LogP contribution in [0, 0.1) is 6.92 Å². The molecule has 0 radical (unpaired) electrons. The topological polar surface area (TPSA) is 0 Å². The molecule has 0 atom stereocenters. The zero-order valence-corrected chi connectivity index (χ0v) is 22.3. The van der Waals surface area contributed by atoms with Crippen LogP contribution in [0.25, 0.3) is 44.5 Å². The first-order chi connectivity index (χ1) is 17.7. The minimum absolute atomic E-state index is 0.00909. The second-order valence-corrected chi connectivity index (χ2v) is 11.9. The Labute approximate surface area is 220 Å². The number of aryl methyl sites for hydroxylation is 1. The molecular weight excluding hydrogens is 444 g/mol. The average molecular weight is 477 g/mol. The molecule has 0 amide bonds. The minimum Gasteiger partial charge on any atom is -0.0619 e. The van der Waals surface area contributed by atoms with Crippen molar-refractivity contribution < 1.29 is 0 Å². The molecule has 0 heterocycles. The standard InChI is InChI=1S/C37H32/c1-23-18-26(24-14-16-30-28-10-6-8-12-32(28)36(2,3)34(30)21-24)20-27(19-23)25-15-17-31-29-11-7-9-13-33(29)37(4,5)35(31)22-25/h6-22H,1-5H3. The summed E-state index contributed by atoms with van der Waals surface area (Å²) in [5.74, 6) is 0. The zero-order valence-electron chi connectivity index (χ0n) is 22.3. The fourth-order valence-corrected chi connectivity index (χ4v) is 6.88. The van der Waals surface area contributed by atoms with E-state index in [-0.39, 0.29) is 10.8 Å². The summed E-state index contributed by atoms with van der Waals surface area (Å²) in [7, 11) is 0. The molecule has 0 aromatic heterocycles. The van der Waals surface area contributed by atoms with E-state index in [0.29, 0.717) is 0 Å². The third kappa shape index (κ3) is 3.15. The fraction of sp³-hybridized carbons (Fsp3) is 0.189. The largest absolute Gasteiger partial charge is 0.0619 e. The predicted molar refractivity (Wildman–Crippen MR) is 157 cm³/mol. The van der Waals surface area contributed by atoms with Crippen molar-refractivity contribution in [3.05, 3.63) is 131 Å². The molecule has 0 bridgehead atoms. The van der Waals surface area contributed by atoms with Crippen molar-refractivity contribution >= 4 is 0 Å². The molecule has 2 aliphatic rings. The van der Waals surface area contributed by atoms with Gasteiger partial charge in [0.15, 0.2) is 0 Å². The van der Waals surface area contributed by atoms with Gasteiger partial charge in [0.25, 0.3) is 0 Å². The normalized spacial score (nSPS) is 15.6. The highest BCUT2D eigenvalue weighted by Crippen LogP contribution is 2.51. The quantitative estimate of drug-likeness (QED) is 0.238. The number of fused-ring (bicyclic) bond motifs is 6. The van der Waals surface area contributed by atoms with Crippen molar-refractivity contribution in [3.63, 3.8) is 0 Å². The number of hydrogen-bond acceptors (Lipinski definition) is 0. The molecule has 7 rings (SSSR count). The summed E-state index contributed by atoms with van der Waals surface area (Å²) in [6.45, 7) is 11.6. The summed E-state index contributed by atoms with van der Waals surface area (Å²) in [5, 5.41) is 0. The van der Waals surface area contributed by atoms with Gasteiger partial charge in [-0.05, 0) is 97.4 Å². The van der Waals surface area contributed by atoms with Crippen LogP contribution in [0.15, 0.2) is 103 Å². The van der Waals surface area contributed by atoms with E-state index < -0.39 is 0 Å². The third-order valence-corrected chi connectivity index (χ3v) is 8.91. The highest BCUT2D eigenvalue weighted by Gasteiger charge is 2.36. The Morgan fingerprint density at radius 1 is 0.378 bits per heavy atom. The Balaban J connectivity index is 1.33. The number of benzene rings is 5. The lowest BCUT2D eigenvalue weighted by Gasteiger charge is -2.22. The Morgan fingerprint density at radius 2 is 0.784 bits per heavy atom. The van der Waals surface area contributed by atoms with Crippen molar-refractivity contribution in [1.29, 1.82) is 0 Å². The van der Waals surface area contributed by atoms with Crippen LogP contribution in [-0.4, -0.2) is 0 Å². The molecular formula is C37H32. The van der Waals surface area contributed by atoms with Crippen molar-refractivity contribution in [1.82, 2.24) is 0 Å². The Bertz CT molecular complexity index is 1600. The van der Waals surface area contributed by atoms with Gasteiger partial charge in [-0.2, -0.15) is 0 Å². The van der Waals surface area contributed by atoms with E-state index in [4.69, 9.17) is 0 Å². The number of hydrogen-bond donors (Lipinski definition) is 0. The molecule has 0 aliphatic heterocycles. The molecule has 0 fully saturated rings. The second-order valence-electron chi connectivity index (χ2n) is 11.9. The summed E-state index contributed by atoms with van der Waals surface area (Å²) < 4.78 is 0. The Kier molecular flexibility index (Phi) is 4.56. The van der Waals surface area contributed by atoms with E-state index in [1.807, 2.05) is 0 Å². The van der Waals surface area contributed by atoms with Crippen LogP contribution in [0.4, 0.5) is 0 Å². The highest BCUT2D eigenvalue weighted by atomic mass is 14.4. The van der Waals surface area contributed by atoms with Crippen LogP contribution in [0.3, 0.4) is 0 Å². The molecule has 5 aromatic rings. The molecule has 0 nitrogen and oxygen atoms in total. The first-order valence-corrected chi connectivity index (χ1v) is 13.4. The van der Waals surface area contributed by atoms with Gasteiger partial charge in [-0.15, -0.1) is 0 Å². The van der Waals surface area contributed by atoms with E-state index in [1.165, 1.54) is 72.3 Å². The fourth-order valence-electron chi connectivity index (χ4n) is 6.88. The first-order valence-electron chi connectivity index (χ1n) is 13.4. The van der Waals surface area contributed by atoms with Gasteiger partial charge < -0.3 is 0 Å². The lowest BCUT2D eigenvalue weighted by molar-refractivity contribution is 0.660. The van der Waals surface area contributed by atoms with Gasteiger partial charge in [-0.1, -0.05) is 113 Å². The molecule has 0 saturated carbocycles. The van der Waals surface area contributed by atoms with Crippen LogP contribution in [0.1, 0.15) is 55.5 Å². The van der Waals surface area contributed by atoms with Crippen molar-refractivity contribution in [2.24, 2.45) is 0 Å². The summed E-state index contributed by atoms with van der Waals surface area (Å²) >= 11 is 0. The smallest absolute Gasteiger partial charge is 0.0159 e. The minimum atomic E-state index is 0.00909. The van der Waals surface area contributed by atoms with E-state index >= 15 is 0 Å². The van der Waals surface area contributed by atoms with Crippen molar-refractivity contribution in [2.75, 3.05) is 0 Å². The highest BCUT2D eigenvalue weighted by molar-refractivity contribution is 5.86. The van der Waals surface area contributed by atoms with Gasteiger partial charge in [0.1, 0.15) is 0 Å². The van der Waals surface area contributed by atoms with Crippen LogP contribution < -0.4 is 0 Å². The van der Waals surface area contributed by atoms with Gasteiger partial charge in [0.05, 0.1) is 0 Å². The molecule has 2 aliphatic carbocycles. The van der Waals surface area contributed by atoms with Gasteiger partial charge in [0.2, 0.25) is 0 Å². The lowest BCUT2D eigenvalue weighted by atomic mass is 9.81. The summed E-state index contributed by atoms with van der Waals surface area (Å²) in [6.07, 6.45) is 0. The van der Waals surface area contributed by atoms with Gasteiger partial charge in [-0.25, -0.2) is 0 Å². The van der Waals surface area contributed by atoms with Gasteiger partial charge >= 0.3 is 0 Å². The molecule has 0 saturated heterocycles. The molecule has 180 valence electrons. The van der Waals surface area contributed by atoms with Gasteiger partial charge in [0, 0.05) is 10.8 Å². The maximum atomic E-state index is 2.43. The summed E-state index contributed by atoms with van der Waals surface area (Å²) in [4.78, 5) is 0. The zero-order chi connectivity index (χ0) is 25.5. The van der Waals surface area contributed by atoms with Crippen LogP contribution >= 0.6 is 0 Å². The number of rotatable bonds is 2. The molecule has 0 spiro atoms. The Morgan fingerprint density at radius 3 is 1.24 bits per heavy atom. The summed E-state index contributed by atoms with van der Waals surface area (Å²) in [6, 6.07) is 38.9. The van der Waals surface area contributed by atoms with E-state index in [9.17, 15) is 0 Å². The van der Waals surface area contributed by atoms with Crippen LogP contribution in [0.2, 0.25) is 0 Å². The Hall–Kier alpha value is -3.90. The lowest BCUT2D eigenvalue weighted by Crippen LogP contribution is -2.15. The molecule has 0 heteroatoms. The van der Waals surface area contributed by atoms with Gasteiger partial charge in [-0.3, -0.25) is 0 Å².